The number of nitrogens with zero attached hydrogens (tertiary/aromatic N) is 1. The topological polar surface area (TPSA) is 29.5 Å². The van der Waals surface area contributed by atoms with Crippen LogP contribution < -0.4 is 0 Å². The minimum atomic E-state index is -0.457. The molecule has 0 unspecified atom stereocenters. The summed E-state index contributed by atoms with van der Waals surface area (Å²) in [6, 6.07) is 21.7. The van der Waals surface area contributed by atoms with E-state index in [9.17, 15) is 4.79 Å². The van der Waals surface area contributed by atoms with Crippen molar-refractivity contribution in [1.82, 2.24) is 4.90 Å². The summed E-state index contributed by atoms with van der Waals surface area (Å²) in [6.07, 6.45) is 3.07. The largest absolute Gasteiger partial charge is 0.460 e. The lowest BCUT2D eigenvalue weighted by Gasteiger charge is -2.40. The Morgan fingerprint density at radius 3 is 2.20 bits per heavy atom. The molecule has 3 nitrogen and oxygen atoms in total. The predicted octanol–water partition coefficient (Wildman–Crippen LogP) is 6.40. The number of benzene rings is 2. The summed E-state index contributed by atoms with van der Waals surface area (Å²) in [5.41, 5.74) is 2.12. The lowest BCUT2D eigenvalue weighted by atomic mass is 9.90. The van der Waals surface area contributed by atoms with E-state index in [1.807, 2.05) is 20.8 Å². The van der Waals surface area contributed by atoms with Gasteiger partial charge in [-0.15, -0.1) is 0 Å². The van der Waals surface area contributed by atoms with Gasteiger partial charge in [-0.1, -0.05) is 74.0 Å². The van der Waals surface area contributed by atoms with Crippen molar-refractivity contribution in [3.05, 3.63) is 71.8 Å². The Kier molecular flexibility index (Phi) is 7.36. The predicted molar refractivity (Wildman–Crippen MR) is 123 cm³/mol. The molecule has 4 atom stereocenters. The third-order valence-corrected chi connectivity index (χ3v) is 6.35. The van der Waals surface area contributed by atoms with Gasteiger partial charge in [0.2, 0.25) is 0 Å². The lowest BCUT2D eigenvalue weighted by Crippen LogP contribution is -2.46. The van der Waals surface area contributed by atoms with Gasteiger partial charge in [0.05, 0.1) is 5.92 Å². The van der Waals surface area contributed by atoms with E-state index in [4.69, 9.17) is 4.74 Å². The highest BCUT2D eigenvalue weighted by Crippen LogP contribution is 2.42. The molecule has 1 aliphatic carbocycles. The molecule has 1 fully saturated rings. The highest BCUT2D eigenvalue weighted by Gasteiger charge is 2.45. The third kappa shape index (κ3) is 5.51. The van der Waals surface area contributed by atoms with Gasteiger partial charge in [-0.05, 0) is 57.6 Å². The molecule has 0 saturated heterocycles. The second kappa shape index (κ2) is 9.78. The fourth-order valence-corrected chi connectivity index (χ4v) is 4.86. The summed E-state index contributed by atoms with van der Waals surface area (Å²) in [5, 5.41) is 0. The van der Waals surface area contributed by atoms with Gasteiger partial charge in [-0.25, -0.2) is 0 Å². The number of hydrogen-bond donors (Lipinski definition) is 0. The van der Waals surface area contributed by atoms with Crippen LogP contribution in [0.25, 0.3) is 0 Å². The van der Waals surface area contributed by atoms with Crippen molar-refractivity contribution in [1.29, 1.82) is 0 Å². The quantitative estimate of drug-likeness (QED) is 0.498. The van der Waals surface area contributed by atoms with Crippen molar-refractivity contribution in [2.45, 2.75) is 78.1 Å². The van der Waals surface area contributed by atoms with Crippen molar-refractivity contribution in [3.8, 4) is 0 Å². The molecule has 3 rings (SSSR count). The average Bonchev–Trinajstić information content (AvgIpc) is 3.16. The second-order valence-electron chi connectivity index (χ2n) is 9.62. The lowest BCUT2D eigenvalue weighted by molar-refractivity contribution is -0.162. The summed E-state index contributed by atoms with van der Waals surface area (Å²) < 4.78 is 5.86. The van der Waals surface area contributed by atoms with E-state index in [-0.39, 0.29) is 24.0 Å². The standard InChI is InChI=1S/C27H37NO2/c1-6-22-17-18-24(26(29)30-27(3,4)5)25(22)28(19-21-13-9-7-10-14-21)20(2)23-15-11-8-12-16-23/h7-16,20,22,24-25H,6,17-19H2,1-5H3/t20-,22-,24-,25+/m0/s1. The van der Waals surface area contributed by atoms with E-state index in [2.05, 4.69) is 79.4 Å². The molecule has 0 bridgehead atoms. The maximum absolute atomic E-state index is 13.2. The molecular formula is C27H37NO2. The molecule has 0 amide bonds. The first-order valence-corrected chi connectivity index (χ1v) is 11.4. The van der Waals surface area contributed by atoms with E-state index < -0.39 is 5.60 Å². The van der Waals surface area contributed by atoms with Gasteiger partial charge in [0.15, 0.2) is 0 Å². The van der Waals surface area contributed by atoms with Crippen molar-refractivity contribution in [3.63, 3.8) is 0 Å². The van der Waals surface area contributed by atoms with Crippen LogP contribution in [-0.2, 0) is 16.1 Å². The first-order chi connectivity index (χ1) is 14.3. The van der Waals surface area contributed by atoms with Crippen molar-refractivity contribution < 1.29 is 9.53 Å². The molecule has 2 aromatic rings. The zero-order chi connectivity index (χ0) is 21.7. The van der Waals surface area contributed by atoms with Crippen LogP contribution in [0.5, 0.6) is 0 Å². The molecule has 1 saturated carbocycles. The summed E-state index contributed by atoms with van der Waals surface area (Å²) in [4.78, 5) is 15.8. The van der Waals surface area contributed by atoms with E-state index in [1.54, 1.807) is 0 Å². The maximum atomic E-state index is 13.2. The van der Waals surface area contributed by atoms with Crippen molar-refractivity contribution in [2.75, 3.05) is 0 Å². The molecule has 30 heavy (non-hydrogen) atoms. The number of ether oxygens (including phenoxy) is 1. The molecule has 2 aromatic carbocycles. The van der Waals surface area contributed by atoms with Crippen LogP contribution in [0.15, 0.2) is 60.7 Å². The number of carbonyl (C=O) groups excluding carboxylic acids is 1. The average molecular weight is 408 g/mol. The summed E-state index contributed by atoms with van der Waals surface area (Å²) in [6.45, 7) is 11.2. The molecule has 0 N–H and O–H groups in total. The molecule has 0 aliphatic heterocycles. The van der Waals surface area contributed by atoms with Gasteiger partial charge in [0.1, 0.15) is 5.60 Å². The molecular weight excluding hydrogens is 370 g/mol. The van der Waals surface area contributed by atoms with E-state index in [1.165, 1.54) is 11.1 Å². The normalized spacial score (nSPS) is 22.8. The van der Waals surface area contributed by atoms with Crippen LogP contribution in [0, 0.1) is 11.8 Å². The number of hydrogen-bond acceptors (Lipinski definition) is 3. The van der Waals surface area contributed by atoms with Crippen LogP contribution in [0.4, 0.5) is 0 Å². The zero-order valence-corrected chi connectivity index (χ0v) is 19.2. The maximum Gasteiger partial charge on any atom is 0.311 e. The van der Waals surface area contributed by atoms with Crippen LogP contribution in [-0.4, -0.2) is 22.5 Å². The van der Waals surface area contributed by atoms with E-state index in [0.717, 1.165) is 25.8 Å². The third-order valence-electron chi connectivity index (χ3n) is 6.35. The van der Waals surface area contributed by atoms with Crippen LogP contribution in [0.2, 0.25) is 0 Å². The second-order valence-corrected chi connectivity index (χ2v) is 9.62. The number of rotatable bonds is 7. The first-order valence-electron chi connectivity index (χ1n) is 11.4. The molecule has 1 aliphatic rings. The molecule has 0 heterocycles. The Labute approximate surface area is 182 Å². The Hall–Kier alpha value is -2.13. The molecule has 0 radical (unpaired) electrons. The Morgan fingerprint density at radius 2 is 1.63 bits per heavy atom. The Morgan fingerprint density at radius 1 is 1.03 bits per heavy atom. The highest BCUT2D eigenvalue weighted by atomic mass is 16.6. The highest BCUT2D eigenvalue weighted by molar-refractivity contribution is 5.74. The van der Waals surface area contributed by atoms with Crippen molar-refractivity contribution in [2.24, 2.45) is 11.8 Å². The monoisotopic (exact) mass is 407 g/mol. The van der Waals surface area contributed by atoms with Crippen molar-refractivity contribution >= 4 is 5.97 Å². The van der Waals surface area contributed by atoms with Crippen LogP contribution in [0.1, 0.15) is 71.0 Å². The summed E-state index contributed by atoms with van der Waals surface area (Å²) in [5.74, 6) is 0.378. The van der Waals surface area contributed by atoms with E-state index in [0.29, 0.717) is 5.92 Å². The van der Waals surface area contributed by atoms with Gasteiger partial charge in [-0.3, -0.25) is 9.69 Å². The van der Waals surface area contributed by atoms with Gasteiger partial charge < -0.3 is 4.74 Å². The molecule has 162 valence electrons. The van der Waals surface area contributed by atoms with Crippen LogP contribution in [0.3, 0.4) is 0 Å². The molecule has 3 heteroatoms. The van der Waals surface area contributed by atoms with E-state index >= 15 is 0 Å². The Balaban J connectivity index is 1.96. The minimum Gasteiger partial charge on any atom is -0.460 e. The fraction of sp³-hybridized carbons (Fsp3) is 0.519. The molecule has 0 spiro atoms. The minimum absolute atomic E-state index is 0.0400. The summed E-state index contributed by atoms with van der Waals surface area (Å²) in [7, 11) is 0. The van der Waals surface area contributed by atoms with Gasteiger partial charge in [-0.2, -0.15) is 0 Å². The van der Waals surface area contributed by atoms with Gasteiger partial charge >= 0.3 is 5.97 Å². The Bertz CT molecular complexity index is 797. The first kappa shape index (κ1) is 22.6. The van der Waals surface area contributed by atoms with Crippen LogP contribution >= 0.6 is 0 Å². The SMILES string of the molecule is CC[C@H]1CC[C@H](C(=O)OC(C)(C)C)[C@@H]1N(Cc1ccccc1)[C@@H](C)c1ccccc1. The van der Waals surface area contributed by atoms with Gasteiger partial charge in [0, 0.05) is 18.6 Å². The number of carbonyl (C=O) groups is 1. The molecule has 0 aromatic heterocycles. The fourth-order valence-electron chi connectivity index (χ4n) is 4.86. The number of esters is 1. The zero-order valence-electron chi connectivity index (χ0n) is 19.2. The van der Waals surface area contributed by atoms with Gasteiger partial charge in [0.25, 0.3) is 0 Å². The smallest absolute Gasteiger partial charge is 0.311 e. The summed E-state index contributed by atoms with van der Waals surface area (Å²) >= 11 is 0.